The molecule has 266 valence electrons. The van der Waals surface area contributed by atoms with Crippen LogP contribution in [0.1, 0.15) is 67.5 Å². The first kappa shape index (κ1) is 35.8. The molecule has 2 aliphatic heterocycles. The number of hydrogen-bond donors (Lipinski definition) is 2. The van der Waals surface area contributed by atoms with Crippen molar-refractivity contribution in [2.24, 2.45) is 0 Å². The number of tetrazole rings is 1. The maximum Gasteiger partial charge on any atom is 0.306 e. The normalized spacial score (nSPS) is 19.4. The van der Waals surface area contributed by atoms with Crippen LogP contribution < -0.4 is 19.7 Å². The number of carbonyl (C=O) groups excluding carboxylic acids is 1. The third kappa shape index (κ3) is 10.5. The number of ether oxygens (including phenoxy) is 5. The summed E-state index contributed by atoms with van der Waals surface area (Å²) in [4.78, 5) is 29.7. The maximum atomic E-state index is 12.7. The average Bonchev–Trinajstić information content (AvgIpc) is 3.66. The lowest BCUT2D eigenvalue weighted by atomic mass is 9.82. The van der Waals surface area contributed by atoms with Gasteiger partial charge in [-0.2, -0.15) is 5.21 Å². The van der Waals surface area contributed by atoms with Crippen LogP contribution in [0, 0.1) is 10.1 Å². The molecule has 1 fully saturated rings. The lowest BCUT2D eigenvalue weighted by molar-refractivity contribution is -0.757. The Bertz CT molecular complexity index is 1460. The molecular weight excluding hydrogens is 638 g/mol. The van der Waals surface area contributed by atoms with E-state index >= 15 is 0 Å². The van der Waals surface area contributed by atoms with Crippen LogP contribution in [0.25, 0.3) is 0 Å². The molecule has 0 bridgehead atoms. The Morgan fingerprint density at radius 2 is 2.00 bits per heavy atom. The van der Waals surface area contributed by atoms with Gasteiger partial charge in [0, 0.05) is 51.6 Å². The lowest BCUT2D eigenvalue weighted by Crippen LogP contribution is -2.47. The average molecular weight is 684 g/mol. The predicted molar refractivity (Wildman–Crippen MR) is 176 cm³/mol. The molecule has 2 aromatic carbocycles. The van der Waals surface area contributed by atoms with E-state index in [1.54, 1.807) is 14.2 Å². The fourth-order valence-corrected chi connectivity index (χ4v) is 6.27. The van der Waals surface area contributed by atoms with Crippen LogP contribution >= 0.6 is 0 Å². The lowest BCUT2D eigenvalue weighted by Gasteiger charge is -2.38. The smallest absolute Gasteiger partial charge is 0.306 e. The summed E-state index contributed by atoms with van der Waals surface area (Å²) in [6.45, 7) is 4.00. The molecule has 2 N–H and O–H groups in total. The quantitative estimate of drug-likeness (QED) is 0.0809. The predicted octanol–water partition coefficient (Wildman–Crippen LogP) is 3.53. The number of carbonyl (C=O) groups is 1. The Balaban J connectivity index is 1.24. The molecule has 0 saturated carbocycles. The van der Waals surface area contributed by atoms with Crippen LogP contribution in [0.15, 0.2) is 42.5 Å². The second kappa shape index (κ2) is 18.3. The molecule has 0 spiro atoms. The summed E-state index contributed by atoms with van der Waals surface area (Å²) in [5.74, 6) is 1.51. The van der Waals surface area contributed by atoms with Gasteiger partial charge in [0.25, 0.3) is 5.09 Å². The summed E-state index contributed by atoms with van der Waals surface area (Å²) in [6.07, 6.45) is 1.99. The number of nitrogens with one attached hydrogen (secondary N) is 2. The zero-order valence-electron chi connectivity index (χ0n) is 28.0. The molecule has 4 atom stereocenters. The van der Waals surface area contributed by atoms with Crippen LogP contribution in [-0.2, 0) is 30.4 Å². The number of unbranched alkanes of at least 4 members (excludes halogenated alkanes) is 1. The van der Waals surface area contributed by atoms with Crippen LogP contribution in [0.2, 0.25) is 0 Å². The third-order valence-electron chi connectivity index (χ3n) is 8.76. The summed E-state index contributed by atoms with van der Waals surface area (Å²) < 4.78 is 29.0. The van der Waals surface area contributed by atoms with Crippen molar-refractivity contribution in [2.75, 3.05) is 58.6 Å². The highest BCUT2D eigenvalue weighted by atomic mass is 16.9. The van der Waals surface area contributed by atoms with E-state index in [1.165, 1.54) is 0 Å². The number of hydrogen-bond acceptors (Lipinski definition) is 14. The van der Waals surface area contributed by atoms with Crippen LogP contribution in [0.5, 0.6) is 11.5 Å². The zero-order valence-corrected chi connectivity index (χ0v) is 28.0. The first-order chi connectivity index (χ1) is 23.9. The highest BCUT2D eigenvalue weighted by Crippen LogP contribution is 2.36. The van der Waals surface area contributed by atoms with Crippen molar-refractivity contribution >= 4 is 11.7 Å². The molecule has 0 radical (unpaired) electrons. The van der Waals surface area contributed by atoms with Crippen molar-refractivity contribution in [3.63, 3.8) is 0 Å². The largest absolute Gasteiger partial charge is 0.497 e. The molecule has 16 heteroatoms. The molecule has 0 aliphatic carbocycles. The number of aromatic nitrogens is 4. The molecular formula is C33H45N7O9. The highest BCUT2D eigenvalue weighted by Gasteiger charge is 2.35. The van der Waals surface area contributed by atoms with E-state index in [-0.39, 0.29) is 36.9 Å². The Labute approximate surface area is 284 Å². The third-order valence-corrected chi connectivity index (χ3v) is 8.76. The SMILES string of the molecule is COCCCN1CCOc2ccc(COC3CNC(CC(OC(=O)CCCCO[N+](=O)[O-])c4nn[nH]n4)CC3c3ccc(OC)cc3)cc21. The van der Waals surface area contributed by atoms with Gasteiger partial charge in [0.2, 0.25) is 5.82 Å². The number of esters is 1. The summed E-state index contributed by atoms with van der Waals surface area (Å²) in [5.41, 5.74) is 3.25. The fourth-order valence-electron chi connectivity index (χ4n) is 6.27. The summed E-state index contributed by atoms with van der Waals surface area (Å²) in [6, 6.07) is 14.2. The van der Waals surface area contributed by atoms with Crippen molar-refractivity contribution < 1.29 is 38.4 Å². The van der Waals surface area contributed by atoms with E-state index in [0.717, 1.165) is 47.8 Å². The Hall–Kier alpha value is -4.54. The first-order valence-electron chi connectivity index (χ1n) is 16.6. The number of piperidine rings is 1. The van der Waals surface area contributed by atoms with Gasteiger partial charge in [-0.05, 0) is 61.1 Å². The summed E-state index contributed by atoms with van der Waals surface area (Å²) in [7, 11) is 3.36. The van der Waals surface area contributed by atoms with Gasteiger partial charge >= 0.3 is 5.97 Å². The summed E-state index contributed by atoms with van der Waals surface area (Å²) in [5, 5.41) is 27.4. The number of rotatable bonds is 19. The Morgan fingerprint density at radius 3 is 2.76 bits per heavy atom. The van der Waals surface area contributed by atoms with Gasteiger partial charge in [0.05, 0.1) is 38.7 Å². The van der Waals surface area contributed by atoms with Gasteiger partial charge in [0.1, 0.15) is 18.1 Å². The number of methoxy groups -OCH3 is 2. The molecule has 3 heterocycles. The van der Waals surface area contributed by atoms with E-state index in [1.807, 2.05) is 18.2 Å². The monoisotopic (exact) mass is 683 g/mol. The van der Waals surface area contributed by atoms with E-state index in [9.17, 15) is 14.9 Å². The van der Waals surface area contributed by atoms with Crippen molar-refractivity contribution in [3.05, 3.63) is 69.5 Å². The molecule has 1 aromatic heterocycles. The highest BCUT2D eigenvalue weighted by molar-refractivity contribution is 5.69. The molecule has 1 saturated heterocycles. The standard InChI is InChI=1S/C33H45N7O9/c1-44-15-5-13-39-14-17-46-29-12-7-23(18-28(29)39)22-47-31-21-34-25(19-27(31)24-8-10-26(45-2)11-9-24)20-30(33-35-37-38-36-33)49-32(41)6-3-4-16-48-40(42)43/h7-12,18,25,27,30-31,34H,3-6,13-17,19-22H2,1-2H3,(H,35,36,37,38). The fraction of sp³-hybridized carbons (Fsp3) is 0.576. The molecule has 49 heavy (non-hydrogen) atoms. The number of nitrogens with zero attached hydrogens (tertiary/aromatic N) is 5. The van der Waals surface area contributed by atoms with Crippen molar-refractivity contribution in [1.29, 1.82) is 0 Å². The Morgan fingerprint density at radius 1 is 1.14 bits per heavy atom. The number of benzene rings is 2. The van der Waals surface area contributed by atoms with Gasteiger partial charge in [0.15, 0.2) is 6.10 Å². The molecule has 16 nitrogen and oxygen atoms in total. The molecule has 2 aliphatic rings. The first-order valence-corrected chi connectivity index (χ1v) is 16.6. The molecule has 5 rings (SSSR count). The van der Waals surface area contributed by atoms with Crippen molar-refractivity contribution in [3.8, 4) is 11.5 Å². The molecule has 4 unspecified atom stereocenters. The number of H-pyrrole nitrogens is 1. The number of anilines is 1. The van der Waals surface area contributed by atoms with Crippen LogP contribution in [-0.4, -0.2) is 97.5 Å². The van der Waals surface area contributed by atoms with Gasteiger partial charge < -0.3 is 38.7 Å². The van der Waals surface area contributed by atoms with Gasteiger partial charge in [-0.25, -0.2) is 0 Å². The van der Waals surface area contributed by atoms with Gasteiger partial charge in [-0.1, -0.05) is 23.4 Å². The van der Waals surface area contributed by atoms with Crippen molar-refractivity contribution in [2.45, 2.75) is 69.3 Å². The van der Waals surface area contributed by atoms with E-state index in [2.05, 4.69) is 59.9 Å². The maximum absolute atomic E-state index is 12.7. The minimum Gasteiger partial charge on any atom is -0.497 e. The topological polar surface area (TPSA) is 185 Å². The van der Waals surface area contributed by atoms with Crippen LogP contribution in [0.4, 0.5) is 5.69 Å². The van der Waals surface area contributed by atoms with Gasteiger partial charge in [-0.15, -0.1) is 20.3 Å². The van der Waals surface area contributed by atoms with E-state index < -0.39 is 17.2 Å². The minimum atomic E-state index is -0.848. The number of fused-ring (bicyclic) bond motifs is 1. The second-order valence-corrected chi connectivity index (χ2v) is 12.1. The summed E-state index contributed by atoms with van der Waals surface area (Å²) >= 11 is 0. The minimum absolute atomic E-state index is 0.0341. The van der Waals surface area contributed by atoms with Gasteiger partial charge in [-0.3, -0.25) is 4.79 Å². The van der Waals surface area contributed by atoms with E-state index in [0.29, 0.717) is 52.0 Å². The molecule has 3 aromatic rings. The van der Waals surface area contributed by atoms with Crippen molar-refractivity contribution in [1.82, 2.24) is 25.9 Å². The van der Waals surface area contributed by atoms with E-state index in [4.69, 9.17) is 23.7 Å². The zero-order chi connectivity index (χ0) is 34.4. The Kier molecular flexibility index (Phi) is 13.3. The second-order valence-electron chi connectivity index (χ2n) is 12.1. The van der Waals surface area contributed by atoms with Crippen LogP contribution in [0.3, 0.4) is 0 Å². The number of aromatic amines is 1. The molecule has 0 amide bonds.